The summed E-state index contributed by atoms with van der Waals surface area (Å²) in [4.78, 5) is 10.8. The molecule has 0 aromatic heterocycles. The fraction of sp³-hybridized carbons (Fsp3) is 0.909. The van der Waals surface area contributed by atoms with E-state index in [1.54, 1.807) is 0 Å². The standard InChI is InChI=1S/C11H22N2O4S/c1-11(2,3)9(12-10(14)15)8-5-6-13(7-8)18(4,16)17/h8-9,12H,5-7H2,1-4H3,(H,14,15). The van der Waals surface area contributed by atoms with Crippen LogP contribution in [0.2, 0.25) is 0 Å². The Kier molecular flexibility index (Phi) is 4.27. The number of amides is 1. The van der Waals surface area contributed by atoms with Gasteiger partial charge < -0.3 is 10.4 Å². The highest BCUT2D eigenvalue weighted by Crippen LogP contribution is 2.31. The maximum Gasteiger partial charge on any atom is 0.404 e. The van der Waals surface area contributed by atoms with Crippen molar-refractivity contribution in [3.05, 3.63) is 0 Å². The lowest BCUT2D eigenvalue weighted by atomic mass is 9.78. The quantitative estimate of drug-likeness (QED) is 0.804. The average molecular weight is 278 g/mol. The van der Waals surface area contributed by atoms with E-state index < -0.39 is 16.1 Å². The van der Waals surface area contributed by atoms with Crippen LogP contribution in [0.1, 0.15) is 27.2 Å². The van der Waals surface area contributed by atoms with Crippen LogP contribution in [0.5, 0.6) is 0 Å². The van der Waals surface area contributed by atoms with Gasteiger partial charge >= 0.3 is 6.09 Å². The van der Waals surface area contributed by atoms with Gasteiger partial charge in [-0.05, 0) is 17.8 Å². The summed E-state index contributed by atoms with van der Waals surface area (Å²) in [5, 5.41) is 11.4. The average Bonchev–Trinajstić information content (AvgIpc) is 2.59. The monoisotopic (exact) mass is 278 g/mol. The lowest BCUT2D eigenvalue weighted by Gasteiger charge is -2.35. The summed E-state index contributed by atoms with van der Waals surface area (Å²) in [5.41, 5.74) is -0.240. The molecule has 0 spiro atoms. The van der Waals surface area contributed by atoms with E-state index in [0.29, 0.717) is 19.5 Å². The van der Waals surface area contributed by atoms with Gasteiger partial charge in [-0.1, -0.05) is 20.8 Å². The molecule has 0 bridgehead atoms. The molecule has 2 N–H and O–H groups in total. The predicted molar refractivity (Wildman–Crippen MR) is 68.9 cm³/mol. The zero-order chi connectivity index (χ0) is 14.1. The van der Waals surface area contributed by atoms with Crippen LogP contribution in [-0.2, 0) is 10.0 Å². The van der Waals surface area contributed by atoms with Crippen LogP contribution < -0.4 is 5.32 Å². The van der Waals surface area contributed by atoms with Crippen molar-refractivity contribution in [2.45, 2.75) is 33.2 Å². The first-order valence-electron chi connectivity index (χ1n) is 5.96. The van der Waals surface area contributed by atoms with E-state index in [0.717, 1.165) is 0 Å². The normalized spacial score (nSPS) is 23.9. The SMILES string of the molecule is CC(C)(C)C(NC(=O)O)C1CCN(S(C)(=O)=O)C1. The van der Waals surface area contributed by atoms with Gasteiger partial charge in [0, 0.05) is 19.1 Å². The maximum atomic E-state index is 11.5. The summed E-state index contributed by atoms with van der Waals surface area (Å²) < 4.78 is 24.3. The number of hydrogen-bond acceptors (Lipinski definition) is 3. The maximum absolute atomic E-state index is 11.5. The first-order valence-corrected chi connectivity index (χ1v) is 7.81. The zero-order valence-electron chi connectivity index (χ0n) is 11.3. The van der Waals surface area contributed by atoms with Gasteiger partial charge in [-0.2, -0.15) is 0 Å². The number of nitrogens with zero attached hydrogens (tertiary/aromatic N) is 1. The fourth-order valence-electron chi connectivity index (χ4n) is 2.50. The van der Waals surface area contributed by atoms with E-state index in [1.165, 1.54) is 10.6 Å². The van der Waals surface area contributed by atoms with Crippen molar-refractivity contribution in [2.24, 2.45) is 11.3 Å². The Morgan fingerprint density at radius 1 is 1.44 bits per heavy atom. The van der Waals surface area contributed by atoms with Crippen molar-refractivity contribution >= 4 is 16.1 Å². The molecule has 1 rings (SSSR count). The largest absolute Gasteiger partial charge is 0.465 e. The summed E-state index contributed by atoms with van der Waals surface area (Å²) in [6.07, 6.45) is 0.814. The molecule has 1 saturated heterocycles. The second-order valence-electron chi connectivity index (χ2n) is 5.96. The molecule has 2 atom stereocenters. The molecule has 1 aliphatic rings. The van der Waals surface area contributed by atoms with Crippen molar-refractivity contribution in [3.8, 4) is 0 Å². The van der Waals surface area contributed by atoms with Gasteiger partial charge in [0.1, 0.15) is 0 Å². The molecule has 2 unspecified atom stereocenters. The van der Waals surface area contributed by atoms with Crippen molar-refractivity contribution in [3.63, 3.8) is 0 Å². The highest BCUT2D eigenvalue weighted by molar-refractivity contribution is 7.88. The number of sulfonamides is 1. The molecule has 0 saturated carbocycles. The summed E-state index contributed by atoms with van der Waals surface area (Å²) in [6.45, 7) is 6.72. The summed E-state index contributed by atoms with van der Waals surface area (Å²) in [6, 6.07) is -0.248. The number of carboxylic acid groups (broad SMARTS) is 1. The topological polar surface area (TPSA) is 86.7 Å². The van der Waals surface area contributed by atoms with Gasteiger partial charge in [0.05, 0.1) is 6.26 Å². The summed E-state index contributed by atoms with van der Waals surface area (Å²) in [7, 11) is -3.18. The first-order chi connectivity index (χ1) is 8.01. The second kappa shape index (κ2) is 5.05. The van der Waals surface area contributed by atoms with Crippen LogP contribution >= 0.6 is 0 Å². The Morgan fingerprint density at radius 2 is 2.00 bits per heavy atom. The van der Waals surface area contributed by atoms with Crippen LogP contribution in [0.3, 0.4) is 0 Å². The smallest absolute Gasteiger partial charge is 0.404 e. The molecular formula is C11H22N2O4S. The van der Waals surface area contributed by atoms with Gasteiger partial charge in [0.2, 0.25) is 10.0 Å². The number of carbonyl (C=O) groups is 1. The molecule has 7 heteroatoms. The van der Waals surface area contributed by atoms with Crippen LogP contribution in [0.4, 0.5) is 4.79 Å². The van der Waals surface area contributed by atoms with Gasteiger partial charge in [-0.15, -0.1) is 0 Å². The van der Waals surface area contributed by atoms with Crippen LogP contribution in [0.15, 0.2) is 0 Å². The Hall–Kier alpha value is -0.820. The minimum Gasteiger partial charge on any atom is -0.465 e. The van der Waals surface area contributed by atoms with Crippen molar-refractivity contribution in [2.75, 3.05) is 19.3 Å². The molecule has 0 radical (unpaired) electrons. The minimum atomic E-state index is -3.18. The van der Waals surface area contributed by atoms with E-state index in [-0.39, 0.29) is 17.4 Å². The Morgan fingerprint density at radius 3 is 2.33 bits per heavy atom. The molecule has 1 fully saturated rings. The Bertz CT molecular complexity index is 413. The van der Waals surface area contributed by atoms with E-state index in [1.807, 2.05) is 20.8 Å². The van der Waals surface area contributed by atoms with Crippen molar-refractivity contribution < 1.29 is 18.3 Å². The van der Waals surface area contributed by atoms with Gasteiger partial charge in [-0.25, -0.2) is 17.5 Å². The minimum absolute atomic E-state index is 0.0239. The first kappa shape index (κ1) is 15.2. The predicted octanol–water partition coefficient (Wildman–Crippen LogP) is 0.950. The van der Waals surface area contributed by atoms with E-state index in [4.69, 9.17) is 5.11 Å². The van der Waals surface area contributed by atoms with Crippen molar-refractivity contribution in [1.82, 2.24) is 9.62 Å². The molecule has 106 valence electrons. The van der Waals surface area contributed by atoms with Crippen molar-refractivity contribution in [1.29, 1.82) is 0 Å². The lowest BCUT2D eigenvalue weighted by molar-refractivity contribution is 0.155. The Labute approximate surface area is 108 Å². The molecule has 0 aliphatic carbocycles. The third-order valence-electron chi connectivity index (χ3n) is 3.34. The van der Waals surface area contributed by atoms with Gasteiger partial charge in [0.25, 0.3) is 0 Å². The number of nitrogens with one attached hydrogen (secondary N) is 1. The third-order valence-corrected chi connectivity index (χ3v) is 4.61. The van der Waals surface area contributed by atoms with Crippen LogP contribution in [0.25, 0.3) is 0 Å². The zero-order valence-corrected chi connectivity index (χ0v) is 12.1. The second-order valence-corrected chi connectivity index (χ2v) is 7.95. The number of hydrogen-bond donors (Lipinski definition) is 2. The fourth-order valence-corrected chi connectivity index (χ4v) is 3.40. The molecule has 18 heavy (non-hydrogen) atoms. The summed E-state index contributed by atoms with van der Waals surface area (Å²) in [5.74, 6) is 0.0239. The lowest BCUT2D eigenvalue weighted by Crippen LogP contribution is -2.49. The Balaban J connectivity index is 2.81. The molecular weight excluding hydrogens is 256 g/mol. The van der Waals surface area contributed by atoms with E-state index >= 15 is 0 Å². The highest BCUT2D eigenvalue weighted by Gasteiger charge is 2.39. The van der Waals surface area contributed by atoms with Gasteiger partial charge in [0.15, 0.2) is 0 Å². The summed E-state index contributed by atoms with van der Waals surface area (Å²) >= 11 is 0. The molecule has 1 amide bonds. The third kappa shape index (κ3) is 3.84. The molecule has 6 nitrogen and oxygen atoms in total. The highest BCUT2D eigenvalue weighted by atomic mass is 32.2. The molecule has 1 aliphatic heterocycles. The van der Waals surface area contributed by atoms with Crippen LogP contribution in [0, 0.1) is 11.3 Å². The van der Waals surface area contributed by atoms with E-state index in [9.17, 15) is 13.2 Å². The molecule has 0 aromatic carbocycles. The van der Waals surface area contributed by atoms with Crippen LogP contribution in [-0.4, -0.2) is 49.3 Å². The molecule has 0 aromatic rings. The van der Waals surface area contributed by atoms with E-state index in [2.05, 4.69) is 5.32 Å². The van der Waals surface area contributed by atoms with Gasteiger partial charge in [-0.3, -0.25) is 0 Å². The number of rotatable bonds is 3. The molecule has 1 heterocycles.